The number of benzene rings is 1. The Bertz CT molecular complexity index is 495. The summed E-state index contributed by atoms with van der Waals surface area (Å²) in [7, 11) is 0. The SMILES string of the molecule is CCCNCc1ncnn1Cc1cccc(F)c1. The molecule has 1 heterocycles. The molecule has 2 rings (SSSR count). The van der Waals surface area contributed by atoms with Crippen LogP contribution in [0.2, 0.25) is 0 Å². The third kappa shape index (κ3) is 3.37. The molecule has 0 radical (unpaired) electrons. The van der Waals surface area contributed by atoms with Crippen LogP contribution in [-0.2, 0) is 13.1 Å². The molecule has 0 bridgehead atoms. The van der Waals surface area contributed by atoms with Crippen molar-refractivity contribution < 1.29 is 4.39 Å². The van der Waals surface area contributed by atoms with Crippen LogP contribution in [0.5, 0.6) is 0 Å². The Labute approximate surface area is 106 Å². The third-order valence-electron chi connectivity index (χ3n) is 2.63. The van der Waals surface area contributed by atoms with E-state index >= 15 is 0 Å². The van der Waals surface area contributed by atoms with Crippen molar-refractivity contribution in [2.45, 2.75) is 26.4 Å². The maximum atomic E-state index is 13.1. The Hall–Kier alpha value is -1.75. The molecule has 0 saturated heterocycles. The molecule has 0 atom stereocenters. The Morgan fingerprint density at radius 1 is 1.39 bits per heavy atom. The summed E-state index contributed by atoms with van der Waals surface area (Å²) in [4.78, 5) is 4.20. The molecule has 0 fully saturated rings. The van der Waals surface area contributed by atoms with Crippen molar-refractivity contribution in [3.63, 3.8) is 0 Å². The highest BCUT2D eigenvalue weighted by atomic mass is 19.1. The monoisotopic (exact) mass is 248 g/mol. The van der Waals surface area contributed by atoms with Gasteiger partial charge in [-0.3, -0.25) is 0 Å². The van der Waals surface area contributed by atoms with E-state index in [1.807, 2.05) is 6.07 Å². The van der Waals surface area contributed by atoms with Gasteiger partial charge in [0.05, 0.1) is 13.1 Å². The average molecular weight is 248 g/mol. The summed E-state index contributed by atoms with van der Waals surface area (Å²) in [6.45, 7) is 4.29. The van der Waals surface area contributed by atoms with E-state index in [-0.39, 0.29) is 5.82 Å². The summed E-state index contributed by atoms with van der Waals surface area (Å²) in [5, 5.41) is 7.44. The lowest BCUT2D eigenvalue weighted by Crippen LogP contribution is -2.18. The molecule has 0 unspecified atom stereocenters. The number of rotatable bonds is 6. The maximum absolute atomic E-state index is 13.1. The Morgan fingerprint density at radius 3 is 3.06 bits per heavy atom. The lowest BCUT2D eigenvalue weighted by molar-refractivity contribution is 0.578. The normalized spacial score (nSPS) is 10.8. The van der Waals surface area contributed by atoms with Crippen molar-refractivity contribution in [1.29, 1.82) is 0 Å². The molecule has 0 spiro atoms. The molecule has 1 aromatic carbocycles. The van der Waals surface area contributed by atoms with Crippen LogP contribution in [0.15, 0.2) is 30.6 Å². The maximum Gasteiger partial charge on any atom is 0.141 e. The molecule has 4 nitrogen and oxygen atoms in total. The van der Waals surface area contributed by atoms with Gasteiger partial charge in [-0.15, -0.1) is 0 Å². The zero-order chi connectivity index (χ0) is 12.8. The highest BCUT2D eigenvalue weighted by Crippen LogP contribution is 2.06. The van der Waals surface area contributed by atoms with E-state index in [2.05, 4.69) is 22.3 Å². The van der Waals surface area contributed by atoms with Crippen molar-refractivity contribution >= 4 is 0 Å². The first-order valence-electron chi connectivity index (χ1n) is 6.11. The average Bonchev–Trinajstić information content (AvgIpc) is 2.77. The Kier molecular flexibility index (Phi) is 4.41. The van der Waals surface area contributed by atoms with Gasteiger partial charge in [-0.2, -0.15) is 5.10 Å². The van der Waals surface area contributed by atoms with Gasteiger partial charge in [-0.1, -0.05) is 19.1 Å². The van der Waals surface area contributed by atoms with E-state index in [4.69, 9.17) is 0 Å². The minimum atomic E-state index is -0.224. The van der Waals surface area contributed by atoms with Crippen LogP contribution < -0.4 is 5.32 Å². The summed E-state index contributed by atoms with van der Waals surface area (Å²) >= 11 is 0. The number of hydrogen-bond acceptors (Lipinski definition) is 3. The number of hydrogen-bond donors (Lipinski definition) is 1. The van der Waals surface area contributed by atoms with Gasteiger partial charge in [-0.05, 0) is 30.7 Å². The van der Waals surface area contributed by atoms with Gasteiger partial charge >= 0.3 is 0 Å². The summed E-state index contributed by atoms with van der Waals surface area (Å²) in [6, 6.07) is 6.55. The summed E-state index contributed by atoms with van der Waals surface area (Å²) < 4.78 is 14.9. The van der Waals surface area contributed by atoms with Crippen LogP contribution in [0.3, 0.4) is 0 Å². The quantitative estimate of drug-likeness (QED) is 0.795. The molecule has 2 aromatic rings. The number of aromatic nitrogens is 3. The van der Waals surface area contributed by atoms with Crippen LogP contribution in [0.25, 0.3) is 0 Å². The number of nitrogens with one attached hydrogen (secondary N) is 1. The molecular weight excluding hydrogens is 231 g/mol. The fraction of sp³-hybridized carbons (Fsp3) is 0.385. The van der Waals surface area contributed by atoms with E-state index in [0.29, 0.717) is 13.1 Å². The zero-order valence-electron chi connectivity index (χ0n) is 10.4. The van der Waals surface area contributed by atoms with Crippen LogP contribution in [-0.4, -0.2) is 21.3 Å². The zero-order valence-corrected chi connectivity index (χ0v) is 10.4. The van der Waals surface area contributed by atoms with E-state index in [1.54, 1.807) is 10.7 Å². The lowest BCUT2D eigenvalue weighted by Gasteiger charge is -2.07. The van der Waals surface area contributed by atoms with Crippen LogP contribution in [0.4, 0.5) is 4.39 Å². The summed E-state index contributed by atoms with van der Waals surface area (Å²) in [6.07, 6.45) is 2.61. The van der Waals surface area contributed by atoms with Gasteiger partial charge in [0.25, 0.3) is 0 Å². The van der Waals surface area contributed by atoms with Crippen LogP contribution >= 0.6 is 0 Å². The number of halogens is 1. The molecule has 0 saturated carbocycles. The highest BCUT2D eigenvalue weighted by Gasteiger charge is 2.05. The van der Waals surface area contributed by atoms with Crippen LogP contribution in [0, 0.1) is 5.82 Å². The van der Waals surface area contributed by atoms with Crippen LogP contribution in [0.1, 0.15) is 24.7 Å². The van der Waals surface area contributed by atoms with Crippen molar-refractivity contribution in [3.8, 4) is 0 Å². The molecule has 0 amide bonds. The van der Waals surface area contributed by atoms with E-state index in [0.717, 1.165) is 24.4 Å². The second kappa shape index (κ2) is 6.26. The van der Waals surface area contributed by atoms with Crippen molar-refractivity contribution in [2.24, 2.45) is 0 Å². The molecule has 96 valence electrons. The fourth-order valence-electron chi connectivity index (χ4n) is 1.74. The first-order chi connectivity index (χ1) is 8.79. The van der Waals surface area contributed by atoms with E-state index in [9.17, 15) is 4.39 Å². The van der Waals surface area contributed by atoms with E-state index in [1.165, 1.54) is 18.5 Å². The van der Waals surface area contributed by atoms with Gasteiger partial charge in [0, 0.05) is 0 Å². The first-order valence-corrected chi connectivity index (χ1v) is 6.11. The van der Waals surface area contributed by atoms with Crippen molar-refractivity contribution in [2.75, 3.05) is 6.54 Å². The molecule has 1 aromatic heterocycles. The largest absolute Gasteiger partial charge is 0.310 e. The lowest BCUT2D eigenvalue weighted by atomic mass is 10.2. The predicted molar refractivity (Wildman–Crippen MR) is 67.5 cm³/mol. The molecule has 0 aliphatic carbocycles. The van der Waals surface area contributed by atoms with Gasteiger partial charge in [0.15, 0.2) is 0 Å². The molecular formula is C13H17FN4. The topological polar surface area (TPSA) is 42.7 Å². The fourth-order valence-corrected chi connectivity index (χ4v) is 1.74. The van der Waals surface area contributed by atoms with Gasteiger partial charge in [-0.25, -0.2) is 14.1 Å². The van der Waals surface area contributed by atoms with E-state index < -0.39 is 0 Å². The minimum absolute atomic E-state index is 0.224. The third-order valence-corrected chi connectivity index (χ3v) is 2.63. The van der Waals surface area contributed by atoms with Gasteiger partial charge in [0.2, 0.25) is 0 Å². The first kappa shape index (κ1) is 12.7. The Balaban J connectivity index is 2.03. The van der Waals surface area contributed by atoms with Gasteiger partial charge < -0.3 is 5.32 Å². The molecule has 18 heavy (non-hydrogen) atoms. The molecule has 5 heteroatoms. The standard InChI is InChI=1S/C13H17FN4/c1-2-6-15-8-13-16-10-17-18(13)9-11-4-3-5-12(14)7-11/h3-5,7,10,15H,2,6,8-9H2,1H3. The second-order valence-electron chi connectivity index (χ2n) is 4.14. The van der Waals surface area contributed by atoms with Crippen molar-refractivity contribution in [3.05, 3.63) is 47.8 Å². The molecule has 1 N–H and O–H groups in total. The predicted octanol–water partition coefficient (Wildman–Crippen LogP) is 1.97. The second-order valence-corrected chi connectivity index (χ2v) is 4.14. The molecule has 0 aliphatic heterocycles. The van der Waals surface area contributed by atoms with Crippen molar-refractivity contribution in [1.82, 2.24) is 20.1 Å². The Morgan fingerprint density at radius 2 is 2.28 bits per heavy atom. The number of nitrogens with zero attached hydrogens (tertiary/aromatic N) is 3. The molecule has 0 aliphatic rings. The summed E-state index contributed by atoms with van der Waals surface area (Å²) in [5.41, 5.74) is 0.886. The van der Waals surface area contributed by atoms with Gasteiger partial charge in [0.1, 0.15) is 18.0 Å². The smallest absolute Gasteiger partial charge is 0.141 e. The minimum Gasteiger partial charge on any atom is -0.310 e. The summed E-state index contributed by atoms with van der Waals surface area (Å²) in [5.74, 6) is 0.644. The highest BCUT2D eigenvalue weighted by molar-refractivity contribution is 5.16.